The Labute approximate surface area is 200 Å². The van der Waals surface area contributed by atoms with Crippen molar-refractivity contribution in [3.05, 3.63) is 84.4 Å². The zero-order valence-corrected chi connectivity index (χ0v) is 18.9. The van der Waals surface area contributed by atoms with Crippen molar-refractivity contribution in [2.24, 2.45) is 0 Å². The van der Waals surface area contributed by atoms with Crippen molar-refractivity contribution in [3.8, 4) is 5.69 Å². The van der Waals surface area contributed by atoms with Crippen molar-refractivity contribution in [3.63, 3.8) is 0 Å². The molecule has 6 rings (SSSR count). The third-order valence-corrected chi connectivity index (χ3v) is 6.44. The molecule has 0 bridgehead atoms. The van der Waals surface area contributed by atoms with Gasteiger partial charge in [-0.1, -0.05) is 47.7 Å². The topological polar surface area (TPSA) is 80.0 Å². The van der Waals surface area contributed by atoms with Crippen LogP contribution in [0.3, 0.4) is 0 Å². The number of nitrogens with zero attached hydrogens (tertiary/aromatic N) is 7. The molecule has 0 saturated carbocycles. The van der Waals surface area contributed by atoms with Crippen molar-refractivity contribution in [1.82, 2.24) is 29.9 Å². The van der Waals surface area contributed by atoms with Crippen LogP contribution in [-0.2, 0) is 11.2 Å². The first-order valence-electron chi connectivity index (χ1n) is 11.5. The Hall–Kier alpha value is -4.40. The average Bonchev–Trinajstić information content (AvgIpc) is 3.34. The number of carbonyl (C=O) groups is 1. The number of benzene rings is 3. The molecule has 174 valence electrons. The molecular weight excluding hydrogens is 445 g/mol. The van der Waals surface area contributed by atoms with Crippen molar-refractivity contribution >= 4 is 33.7 Å². The fourth-order valence-corrected chi connectivity index (χ4v) is 4.61. The van der Waals surface area contributed by atoms with Gasteiger partial charge in [0, 0.05) is 26.2 Å². The molecule has 0 atom stereocenters. The van der Waals surface area contributed by atoms with Gasteiger partial charge >= 0.3 is 0 Å². The summed E-state index contributed by atoms with van der Waals surface area (Å²) in [7, 11) is 0. The van der Waals surface area contributed by atoms with Gasteiger partial charge in [-0.05, 0) is 40.6 Å². The molecule has 8 nitrogen and oxygen atoms in total. The van der Waals surface area contributed by atoms with Crippen molar-refractivity contribution < 1.29 is 9.18 Å². The maximum Gasteiger partial charge on any atom is 0.227 e. The number of fused-ring (bicyclic) bond motifs is 2. The highest BCUT2D eigenvalue weighted by Crippen LogP contribution is 2.24. The predicted molar refractivity (Wildman–Crippen MR) is 131 cm³/mol. The molecule has 1 aliphatic heterocycles. The van der Waals surface area contributed by atoms with Crippen LogP contribution >= 0.6 is 0 Å². The van der Waals surface area contributed by atoms with Crippen LogP contribution in [0.2, 0.25) is 0 Å². The maximum absolute atomic E-state index is 13.3. The number of amides is 1. The van der Waals surface area contributed by atoms with Crippen LogP contribution in [0.1, 0.15) is 5.56 Å². The first-order valence-corrected chi connectivity index (χ1v) is 11.5. The van der Waals surface area contributed by atoms with Gasteiger partial charge in [0.2, 0.25) is 5.91 Å². The molecule has 1 amide bonds. The number of hydrogen-bond donors (Lipinski definition) is 0. The largest absolute Gasteiger partial charge is 0.351 e. The summed E-state index contributed by atoms with van der Waals surface area (Å²) >= 11 is 0. The summed E-state index contributed by atoms with van der Waals surface area (Å²) in [6.07, 6.45) is 1.87. The number of hydrogen-bond acceptors (Lipinski definition) is 6. The van der Waals surface area contributed by atoms with Gasteiger partial charge in [0.1, 0.15) is 12.1 Å². The van der Waals surface area contributed by atoms with Crippen molar-refractivity contribution in [1.29, 1.82) is 0 Å². The van der Waals surface area contributed by atoms with Crippen LogP contribution in [0.4, 0.5) is 10.2 Å². The molecule has 1 saturated heterocycles. The molecule has 0 N–H and O–H groups in total. The summed E-state index contributed by atoms with van der Waals surface area (Å²) in [5.41, 5.74) is 2.84. The van der Waals surface area contributed by atoms with Crippen LogP contribution < -0.4 is 4.90 Å². The average molecular weight is 468 g/mol. The van der Waals surface area contributed by atoms with Gasteiger partial charge in [0.05, 0.1) is 12.1 Å². The second-order valence-electron chi connectivity index (χ2n) is 8.53. The van der Waals surface area contributed by atoms with Gasteiger partial charge in [0.25, 0.3) is 0 Å². The number of rotatable bonds is 4. The quantitative estimate of drug-likeness (QED) is 0.403. The highest BCUT2D eigenvalue weighted by molar-refractivity contribution is 5.90. The lowest BCUT2D eigenvalue weighted by Crippen LogP contribution is -2.49. The summed E-state index contributed by atoms with van der Waals surface area (Å²) < 4.78 is 14.9. The van der Waals surface area contributed by atoms with Crippen LogP contribution in [0.25, 0.3) is 27.6 Å². The molecule has 0 unspecified atom stereocenters. The molecule has 3 heterocycles. The van der Waals surface area contributed by atoms with E-state index in [1.165, 1.54) is 18.5 Å². The van der Waals surface area contributed by atoms with Gasteiger partial charge in [0.15, 0.2) is 17.0 Å². The molecule has 2 aromatic heterocycles. The minimum Gasteiger partial charge on any atom is -0.351 e. The standard InChI is InChI=1S/C26H22FN7O/c27-20-8-10-21(11-9-20)34-26-24(30-31-34)25(28-17-29-26)33-14-12-32(13-15-33)23(35)16-19-6-3-5-18-4-1-2-7-22(18)19/h1-11,17H,12-16H2. The lowest BCUT2D eigenvalue weighted by molar-refractivity contribution is -0.130. The number of piperazine rings is 1. The minimum absolute atomic E-state index is 0.121. The molecule has 1 fully saturated rings. The van der Waals surface area contributed by atoms with Crippen LogP contribution in [0.5, 0.6) is 0 Å². The van der Waals surface area contributed by atoms with E-state index in [0.717, 1.165) is 16.3 Å². The van der Waals surface area contributed by atoms with E-state index in [1.54, 1.807) is 16.8 Å². The van der Waals surface area contributed by atoms with E-state index in [9.17, 15) is 9.18 Å². The molecule has 9 heteroatoms. The van der Waals surface area contributed by atoms with Crippen LogP contribution in [-0.4, -0.2) is 61.9 Å². The van der Waals surface area contributed by atoms with Crippen molar-refractivity contribution in [2.45, 2.75) is 6.42 Å². The molecule has 1 aliphatic rings. The zero-order valence-electron chi connectivity index (χ0n) is 18.9. The first kappa shape index (κ1) is 21.2. The molecule has 0 radical (unpaired) electrons. The number of carbonyl (C=O) groups excluding carboxylic acids is 1. The minimum atomic E-state index is -0.318. The second kappa shape index (κ2) is 8.75. The van der Waals surface area contributed by atoms with E-state index < -0.39 is 0 Å². The number of anilines is 1. The maximum atomic E-state index is 13.3. The third kappa shape index (κ3) is 3.95. The predicted octanol–water partition coefficient (Wildman–Crippen LogP) is 3.39. The van der Waals surface area contributed by atoms with E-state index >= 15 is 0 Å². The molecule has 3 aromatic carbocycles. The van der Waals surface area contributed by atoms with Gasteiger partial charge in [-0.25, -0.2) is 14.4 Å². The van der Waals surface area contributed by atoms with Gasteiger partial charge in [-0.2, -0.15) is 4.68 Å². The summed E-state index contributed by atoms with van der Waals surface area (Å²) in [5, 5.41) is 10.8. The van der Waals surface area contributed by atoms with Crippen LogP contribution in [0, 0.1) is 5.82 Å². The summed E-state index contributed by atoms with van der Waals surface area (Å²) in [6.45, 7) is 2.47. The number of halogens is 1. The first-order chi connectivity index (χ1) is 17.2. The Kier molecular flexibility index (Phi) is 5.29. The summed E-state index contributed by atoms with van der Waals surface area (Å²) in [5.74, 6) is 0.488. The van der Waals surface area contributed by atoms with E-state index in [2.05, 4.69) is 43.4 Å². The lowest BCUT2D eigenvalue weighted by atomic mass is 10.0. The Morgan fingerprint density at radius 3 is 2.49 bits per heavy atom. The van der Waals surface area contributed by atoms with Gasteiger partial charge < -0.3 is 9.80 Å². The Morgan fingerprint density at radius 1 is 0.886 bits per heavy atom. The van der Waals surface area contributed by atoms with Gasteiger partial charge in [-0.3, -0.25) is 4.79 Å². The third-order valence-electron chi connectivity index (χ3n) is 6.44. The summed E-state index contributed by atoms with van der Waals surface area (Å²) in [6, 6.07) is 20.2. The molecule has 0 spiro atoms. The van der Waals surface area contributed by atoms with Crippen LogP contribution in [0.15, 0.2) is 73.1 Å². The fourth-order valence-electron chi connectivity index (χ4n) is 4.61. The second-order valence-corrected chi connectivity index (χ2v) is 8.53. The Bertz CT molecular complexity index is 1520. The SMILES string of the molecule is O=C(Cc1cccc2ccccc12)N1CCN(c2ncnc3c2nnn3-c2ccc(F)cc2)CC1. The molecule has 0 aliphatic carbocycles. The normalized spacial score (nSPS) is 14.1. The van der Waals surface area contributed by atoms with E-state index in [0.29, 0.717) is 55.3 Å². The zero-order chi connectivity index (χ0) is 23.8. The summed E-state index contributed by atoms with van der Waals surface area (Å²) in [4.78, 5) is 25.9. The monoisotopic (exact) mass is 467 g/mol. The lowest BCUT2D eigenvalue weighted by Gasteiger charge is -2.35. The highest BCUT2D eigenvalue weighted by Gasteiger charge is 2.25. The number of aromatic nitrogens is 5. The Balaban J connectivity index is 1.18. The molecule has 35 heavy (non-hydrogen) atoms. The highest BCUT2D eigenvalue weighted by atomic mass is 19.1. The van der Waals surface area contributed by atoms with Crippen molar-refractivity contribution in [2.75, 3.05) is 31.1 Å². The van der Waals surface area contributed by atoms with E-state index in [-0.39, 0.29) is 11.7 Å². The van der Waals surface area contributed by atoms with E-state index in [1.807, 2.05) is 29.2 Å². The molecule has 5 aromatic rings. The molecular formula is C26H22FN7O. The Morgan fingerprint density at radius 2 is 1.66 bits per heavy atom. The van der Waals surface area contributed by atoms with Gasteiger partial charge in [-0.15, -0.1) is 5.10 Å². The van der Waals surface area contributed by atoms with E-state index in [4.69, 9.17) is 0 Å². The fraction of sp³-hybridized carbons (Fsp3) is 0.192. The smallest absolute Gasteiger partial charge is 0.227 e.